The van der Waals surface area contributed by atoms with Crippen LogP contribution in [0.5, 0.6) is 5.75 Å². The molecule has 6 heteroatoms. The molecule has 0 saturated heterocycles. The molecule has 1 atom stereocenters. The first-order valence-electron chi connectivity index (χ1n) is 5.56. The van der Waals surface area contributed by atoms with E-state index in [9.17, 15) is 0 Å². The Morgan fingerprint density at radius 1 is 1.26 bits per heavy atom. The Morgan fingerprint density at radius 2 is 2.05 bits per heavy atom. The maximum atomic E-state index is 6.20. The number of ether oxygens (including phenoxy) is 1. The second-order valence-corrected chi connectivity index (χ2v) is 4.73. The van der Waals surface area contributed by atoms with Crippen molar-refractivity contribution in [2.24, 2.45) is 5.84 Å². The molecule has 0 radical (unpaired) electrons. The number of pyridine rings is 1. The van der Waals surface area contributed by atoms with Gasteiger partial charge >= 0.3 is 0 Å². The number of aromatic nitrogens is 1. The zero-order chi connectivity index (χ0) is 13.8. The number of hydrogen-bond donors (Lipinski definition) is 2. The van der Waals surface area contributed by atoms with Crippen molar-refractivity contribution in [3.05, 3.63) is 57.8 Å². The molecule has 0 fully saturated rings. The highest BCUT2D eigenvalue weighted by Crippen LogP contribution is 2.33. The molecule has 2 rings (SSSR count). The Morgan fingerprint density at radius 3 is 2.74 bits per heavy atom. The lowest BCUT2D eigenvalue weighted by molar-refractivity contribution is 0.402. The van der Waals surface area contributed by atoms with Crippen molar-refractivity contribution in [3.63, 3.8) is 0 Å². The molecule has 1 unspecified atom stereocenters. The molecule has 0 aliphatic rings. The molecule has 0 aliphatic heterocycles. The second kappa shape index (κ2) is 6.21. The van der Waals surface area contributed by atoms with E-state index in [2.05, 4.69) is 10.4 Å². The Bertz CT molecular complexity index is 578. The average Bonchev–Trinajstić information content (AvgIpc) is 2.44. The highest BCUT2D eigenvalue weighted by atomic mass is 35.5. The standard InChI is InChI=1S/C13H13Cl2N3O/c1-19-12-7-17-5-4-9(12)13(18-16)10-6-8(14)2-3-11(10)15/h2-7,13,18H,16H2,1H3. The number of nitrogens with one attached hydrogen (secondary N) is 1. The molecule has 2 aromatic rings. The monoisotopic (exact) mass is 297 g/mol. The summed E-state index contributed by atoms with van der Waals surface area (Å²) in [5, 5.41) is 1.17. The van der Waals surface area contributed by atoms with Gasteiger partial charge in [0.1, 0.15) is 5.75 Å². The molecule has 0 bridgehead atoms. The Balaban J connectivity index is 2.53. The van der Waals surface area contributed by atoms with Gasteiger partial charge in [-0.25, -0.2) is 5.43 Å². The van der Waals surface area contributed by atoms with E-state index in [4.69, 9.17) is 33.8 Å². The molecule has 1 heterocycles. The molecule has 0 amide bonds. The quantitative estimate of drug-likeness (QED) is 0.673. The van der Waals surface area contributed by atoms with Crippen LogP contribution in [0, 0.1) is 0 Å². The summed E-state index contributed by atoms with van der Waals surface area (Å²) in [5.41, 5.74) is 4.34. The van der Waals surface area contributed by atoms with E-state index in [1.807, 2.05) is 6.07 Å². The summed E-state index contributed by atoms with van der Waals surface area (Å²) in [6.07, 6.45) is 3.29. The van der Waals surface area contributed by atoms with Gasteiger partial charge in [-0.3, -0.25) is 10.8 Å². The summed E-state index contributed by atoms with van der Waals surface area (Å²) >= 11 is 12.2. The predicted octanol–water partition coefficient (Wildman–Crippen LogP) is 2.95. The minimum absolute atomic E-state index is 0.329. The largest absolute Gasteiger partial charge is 0.495 e. The van der Waals surface area contributed by atoms with Crippen LogP contribution in [-0.4, -0.2) is 12.1 Å². The average molecular weight is 298 g/mol. The Hall–Kier alpha value is -1.33. The van der Waals surface area contributed by atoms with Crippen LogP contribution in [0.25, 0.3) is 0 Å². The summed E-state index contributed by atoms with van der Waals surface area (Å²) in [5.74, 6) is 6.28. The third-order valence-corrected chi connectivity index (χ3v) is 3.36. The fraction of sp³-hybridized carbons (Fsp3) is 0.154. The van der Waals surface area contributed by atoms with E-state index in [-0.39, 0.29) is 6.04 Å². The maximum absolute atomic E-state index is 6.20. The molecule has 19 heavy (non-hydrogen) atoms. The lowest BCUT2D eigenvalue weighted by Crippen LogP contribution is -2.29. The number of hydrazine groups is 1. The highest BCUT2D eigenvalue weighted by Gasteiger charge is 2.19. The van der Waals surface area contributed by atoms with Crippen LogP contribution in [-0.2, 0) is 0 Å². The Labute approximate surface area is 121 Å². The van der Waals surface area contributed by atoms with Crippen molar-refractivity contribution in [1.29, 1.82) is 0 Å². The van der Waals surface area contributed by atoms with E-state index in [0.29, 0.717) is 15.8 Å². The number of rotatable bonds is 4. The number of methoxy groups -OCH3 is 1. The molecule has 4 nitrogen and oxygen atoms in total. The zero-order valence-electron chi connectivity index (χ0n) is 10.2. The van der Waals surface area contributed by atoms with E-state index in [1.54, 1.807) is 37.7 Å². The smallest absolute Gasteiger partial charge is 0.142 e. The first kappa shape index (κ1) is 14.1. The summed E-state index contributed by atoms with van der Waals surface area (Å²) in [4.78, 5) is 4.01. The minimum atomic E-state index is -0.329. The van der Waals surface area contributed by atoms with Gasteiger partial charge in [-0.2, -0.15) is 0 Å². The van der Waals surface area contributed by atoms with Crippen LogP contribution in [0.4, 0.5) is 0 Å². The van der Waals surface area contributed by atoms with Crippen molar-refractivity contribution in [3.8, 4) is 5.75 Å². The van der Waals surface area contributed by atoms with Gasteiger partial charge in [0.2, 0.25) is 0 Å². The van der Waals surface area contributed by atoms with Gasteiger partial charge in [-0.05, 0) is 29.8 Å². The van der Waals surface area contributed by atoms with Gasteiger partial charge in [0.15, 0.2) is 0 Å². The van der Waals surface area contributed by atoms with Crippen LogP contribution in [0.2, 0.25) is 10.0 Å². The number of halogens is 2. The summed E-state index contributed by atoms with van der Waals surface area (Å²) in [6, 6.07) is 6.72. The molecule has 1 aromatic heterocycles. The summed E-state index contributed by atoms with van der Waals surface area (Å²) in [6.45, 7) is 0. The molecular weight excluding hydrogens is 285 g/mol. The van der Waals surface area contributed by atoms with Crippen LogP contribution in [0.15, 0.2) is 36.7 Å². The fourth-order valence-corrected chi connectivity index (χ4v) is 2.29. The van der Waals surface area contributed by atoms with Gasteiger partial charge in [-0.15, -0.1) is 0 Å². The third kappa shape index (κ3) is 2.98. The van der Waals surface area contributed by atoms with E-state index < -0.39 is 0 Å². The number of nitrogens with two attached hydrogens (primary N) is 1. The van der Waals surface area contributed by atoms with Gasteiger partial charge in [-0.1, -0.05) is 23.2 Å². The number of hydrogen-bond acceptors (Lipinski definition) is 4. The normalized spacial score (nSPS) is 12.2. The molecule has 1 aromatic carbocycles. The molecule has 3 N–H and O–H groups in total. The zero-order valence-corrected chi connectivity index (χ0v) is 11.7. The Kier molecular flexibility index (Phi) is 4.61. The van der Waals surface area contributed by atoms with Crippen LogP contribution < -0.4 is 16.0 Å². The predicted molar refractivity (Wildman–Crippen MR) is 76.4 cm³/mol. The maximum Gasteiger partial charge on any atom is 0.142 e. The summed E-state index contributed by atoms with van der Waals surface area (Å²) < 4.78 is 5.29. The minimum Gasteiger partial charge on any atom is -0.495 e. The third-order valence-electron chi connectivity index (χ3n) is 2.78. The molecule has 100 valence electrons. The SMILES string of the molecule is COc1cnccc1C(NN)c1cc(Cl)ccc1Cl. The van der Waals surface area contributed by atoms with Crippen molar-refractivity contribution < 1.29 is 4.74 Å². The van der Waals surface area contributed by atoms with Crippen molar-refractivity contribution >= 4 is 23.2 Å². The van der Waals surface area contributed by atoms with Crippen molar-refractivity contribution in [2.75, 3.05) is 7.11 Å². The molecule has 0 aliphatic carbocycles. The molecule has 0 saturated carbocycles. The van der Waals surface area contributed by atoms with E-state index >= 15 is 0 Å². The van der Waals surface area contributed by atoms with Crippen LogP contribution in [0.1, 0.15) is 17.2 Å². The van der Waals surface area contributed by atoms with Crippen LogP contribution >= 0.6 is 23.2 Å². The lowest BCUT2D eigenvalue weighted by Gasteiger charge is -2.20. The lowest BCUT2D eigenvalue weighted by atomic mass is 9.99. The number of nitrogens with zero attached hydrogens (tertiary/aromatic N) is 1. The van der Waals surface area contributed by atoms with Gasteiger partial charge in [0.25, 0.3) is 0 Å². The molecule has 0 spiro atoms. The van der Waals surface area contributed by atoms with E-state index in [0.717, 1.165) is 11.1 Å². The topological polar surface area (TPSA) is 60.2 Å². The van der Waals surface area contributed by atoms with Crippen molar-refractivity contribution in [2.45, 2.75) is 6.04 Å². The fourth-order valence-electron chi connectivity index (χ4n) is 1.88. The van der Waals surface area contributed by atoms with Gasteiger partial charge < -0.3 is 4.74 Å². The molecular formula is C13H13Cl2N3O. The van der Waals surface area contributed by atoms with Crippen molar-refractivity contribution in [1.82, 2.24) is 10.4 Å². The highest BCUT2D eigenvalue weighted by molar-refractivity contribution is 6.33. The summed E-state index contributed by atoms with van der Waals surface area (Å²) in [7, 11) is 1.58. The first-order chi connectivity index (χ1) is 9.17. The van der Waals surface area contributed by atoms with Gasteiger partial charge in [0, 0.05) is 21.8 Å². The van der Waals surface area contributed by atoms with E-state index in [1.165, 1.54) is 0 Å². The second-order valence-electron chi connectivity index (χ2n) is 3.88. The first-order valence-corrected chi connectivity index (χ1v) is 6.32. The van der Waals surface area contributed by atoms with Crippen LogP contribution in [0.3, 0.4) is 0 Å². The number of benzene rings is 1. The van der Waals surface area contributed by atoms with Gasteiger partial charge in [0.05, 0.1) is 19.3 Å².